The highest BCUT2D eigenvalue weighted by atomic mass is 32.2. The van der Waals surface area contributed by atoms with Crippen molar-refractivity contribution < 1.29 is 55.3 Å². The van der Waals surface area contributed by atoms with Gasteiger partial charge in [-0.3, -0.25) is 28.3 Å². The maximum Gasteiger partial charge on any atom is 0.314 e. The average Bonchev–Trinajstić information content (AvgIpc) is 3.11. The topological polar surface area (TPSA) is 266 Å². The van der Waals surface area contributed by atoms with Gasteiger partial charge in [-0.1, -0.05) is 12.1 Å². The Morgan fingerprint density at radius 1 is 0.464 bits per heavy atom. The highest BCUT2D eigenvalue weighted by Gasteiger charge is 2.20. The number of carbonyl (C=O) groups is 4. The summed E-state index contributed by atoms with van der Waals surface area (Å²) in [5, 5.41) is 32.0. The van der Waals surface area contributed by atoms with Crippen LogP contribution in [0.25, 0.3) is 21.5 Å². The van der Waals surface area contributed by atoms with Crippen LogP contribution in [0.15, 0.2) is 107 Å². The second-order valence-corrected chi connectivity index (χ2v) is 15.4. The fourth-order valence-electron chi connectivity index (χ4n) is 5.75. The number of hydrogen-bond acceptors (Lipinski definition) is 10. The monoisotopic (exact) mass is 798 g/mol. The van der Waals surface area contributed by atoms with Crippen molar-refractivity contribution in [1.29, 1.82) is 0 Å². The van der Waals surface area contributed by atoms with E-state index in [9.17, 15) is 55.3 Å². The molecule has 0 radical (unpaired) electrons. The van der Waals surface area contributed by atoms with Crippen molar-refractivity contribution in [1.82, 2.24) is 0 Å². The number of nitrogens with one attached hydrogen (secondary N) is 4. The molecule has 0 saturated carbocycles. The summed E-state index contributed by atoms with van der Waals surface area (Å²) in [6.45, 7) is 3.23. The van der Waals surface area contributed by atoms with Crippen molar-refractivity contribution in [2.45, 2.75) is 23.6 Å². The van der Waals surface area contributed by atoms with E-state index >= 15 is 0 Å². The van der Waals surface area contributed by atoms with E-state index in [1.165, 1.54) is 72.8 Å². The molecule has 0 aliphatic heterocycles. The minimum absolute atomic E-state index is 0.212. The molecule has 0 unspecified atom stereocenters. The Morgan fingerprint density at radius 3 is 1.18 bits per heavy atom. The summed E-state index contributed by atoms with van der Waals surface area (Å²) in [6.07, 6.45) is 0. The number of phenolic OH excluding ortho intramolecular Hbond substituents is 2. The molecule has 8 N–H and O–H groups in total. The molecular formula is C38H30N4O12S2. The van der Waals surface area contributed by atoms with Crippen LogP contribution in [0, 0.1) is 13.8 Å². The molecule has 0 atom stereocenters. The second kappa shape index (κ2) is 14.8. The van der Waals surface area contributed by atoms with Gasteiger partial charge in [-0.05, 0) is 131 Å². The number of hydrogen-bond donors (Lipinski definition) is 8. The summed E-state index contributed by atoms with van der Waals surface area (Å²) in [6, 6.07) is 22.2. The number of benzene rings is 6. The minimum atomic E-state index is -4.65. The van der Waals surface area contributed by atoms with Crippen LogP contribution in [0.4, 0.5) is 22.7 Å². The van der Waals surface area contributed by atoms with Gasteiger partial charge < -0.3 is 31.5 Å². The van der Waals surface area contributed by atoms with Gasteiger partial charge in [0.25, 0.3) is 32.1 Å². The lowest BCUT2D eigenvalue weighted by Gasteiger charge is -2.13. The Bertz CT molecular complexity index is 2700. The number of anilines is 4. The second-order valence-electron chi connectivity index (χ2n) is 12.6. The largest absolute Gasteiger partial charge is 0.506 e. The van der Waals surface area contributed by atoms with Crippen LogP contribution < -0.4 is 21.3 Å². The van der Waals surface area contributed by atoms with E-state index < -0.39 is 65.2 Å². The van der Waals surface area contributed by atoms with Crippen molar-refractivity contribution in [2.75, 3.05) is 21.3 Å². The summed E-state index contributed by atoms with van der Waals surface area (Å²) in [4.78, 5) is 50.3. The lowest BCUT2D eigenvalue weighted by molar-refractivity contribution is -0.133. The van der Waals surface area contributed by atoms with Gasteiger partial charge in [-0.25, -0.2) is 0 Å². The Kier molecular flexibility index (Phi) is 10.2. The normalized spacial score (nSPS) is 11.6. The van der Waals surface area contributed by atoms with Crippen LogP contribution in [0.1, 0.15) is 31.8 Å². The van der Waals surface area contributed by atoms with Crippen molar-refractivity contribution >= 4 is 88.2 Å². The molecule has 6 aromatic rings. The van der Waals surface area contributed by atoms with Crippen molar-refractivity contribution in [3.63, 3.8) is 0 Å². The third-order valence-corrected chi connectivity index (χ3v) is 10.4. The number of phenols is 2. The van der Waals surface area contributed by atoms with Crippen molar-refractivity contribution in [3.8, 4) is 11.5 Å². The third-order valence-electron chi connectivity index (χ3n) is 8.59. The number of aromatic hydroxyl groups is 2. The fourth-order valence-corrected chi connectivity index (χ4v) is 6.95. The van der Waals surface area contributed by atoms with E-state index in [0.717, 1.165) is 24.3 Å². The molecule has 0 saturated heterocycles. The third kappa shape index (κ3) is 8.43. The van der Waals surface area contributed by atoms with E-state index in [1.54, 1.807) is 13.8 Å². The molecule has 16 nitrogen and oxygen atoms in total. The molecule has 6 aromatic carbocycles. The van der Waals surface area contributed by atoms with Crippen LogP contribution in [-0.2, 0) is 29.8 Å². The zero-order chi connectivity index (χ0) is 40.7. The highest BCUT2D eigenvalue weighted by molar-refractivity contribution is 7.86. The van der Waals surface area contributed by atoms with Gasteiger partial charge in [-0.15, -0.1) is 0 Å². The van der Waals surface area contributed by atoms with Gasteiger partial charge in [0.1, 0.15) is 21.3 Å². The van der Waals surface area contributed by atoms with E-state index in [0.29, 0.717) is 44.0 Å². The smallest absolute Gasteiger partial charge is 0.314 e. The molecule has 0 heterocycles. The molecule has 56 heavy (non-hydrogen) atoms. The quantitative estimate of drug-likeness (QED) is 0.0691. The maximum absolute atomic E-state index is 13.0. The van der Waals surface area contributed by atoms with E-state index in [1.807, 2.05) is 0 Å². The molecule has 0 bridgehead atoms. The highest BCUT2D eigenvalue weighted by Crippen LogP contribution is 2.32. The number of aryl methyl sites for hydroxylation is 2. The summed E-state index contributed by atoms with van der Waals surface area (Å²) < 4.78 is 64.6. The minimum Gasteiger partial charge on any atom is -0.506 e. The summed E-state index contributed by atoms with van der Waals surface area (Å²) in [5.41, 5.74) is 2.49. The first kappa shape index (κ1) is 38.9. The summed E-state index contributed by atoms with van der Waals surface area (Å²) >= 11 is 0. The maximum atomic E-state index is 13.0. The molecule has 4 amide bonds. The Labute approximate surface area is 318 Å². The first-order chi connectivity index (χ1) is 26.3. The van der Waals surface area contributed by atoms with Gasteiger partial charge in [0.15, 0.2) is 0 Å². The molecule has 6 rings (SSSR count). The molecule has 0 spiro atoms. The van der Waals surface area contributed by atoms with E-state index in [-0.39, 0.29) is 22.5 Å². The number of fused-ring (bicyclic) bond motifs is 2. The fraction of sp³-hybridized carbons (Fsp3) is 0.0526. The summed E-state index contributed by atoms with van der Waals surface area (Å²) in [7, 11) is -9.29. The van der Waals surface area contributed by atoms with Crippen LogP contribution in [0.2, 0.25) is 0 Å². The average molecular weight is 799 g/mol. The van der Waals surface area contributed by atoms with E-state index in [2.05, 4.69) is 21.3 Å². The molecule has 0 aliphatic rings. The van der Waals surface area contributed by atoms with Crippen LogP contribution >= 0.6 is 0 Å². The van der Waals surface area contributed by atoms with Gasteiger partial charge in [-0.2, -0.15) is 16.8 Å². The predicted octanol–water partition coefficient (Wildman–Crippen LogP) is 5.60. The lowest BCUT2D eigenvalue weighted by Crippen LogP contribution is -2.29. The van der Waals surface area contributed by atoms with Crippen LogP contribution in [0.3, 0.4) is 0 Å². The molecule has 0 aliphatic carbocycles. The first-order valence-electron chi connectivity index (χ1n) is 16.2. The molecule has 18 heteroatoms. The molecule has 0 aromatic heterocycles. The van der Waals surface area contributed by atoms with Gasteiger partial charge in [0, 0.05) is 33.9 Å². The lowest BCUT2D eigenvalue weighted by atomic mass is 10.1. The number of carbonyl (C=O) groups excluding carboxylic acids is 4. The molecule has 0 fully saturated rings. The SMILES string of the molecule is Cc1cc(C(=O)Nc2ccc3cc(S(=O)(=O)O)c(O)cc3c2)ccc1NC(=O)C(=O)Nc1ccc(C(=O)Nc2ccc3cc(S(=O)(=O)O)c(O)cc3c2)cc1C. The zero-order valence-corrected chi connectivity index (χ0v) is 30.7. The Morgan fingerprint density at radius 2 is 0.839 bits per heavy atom. The van der Waals surface area contributed by atoms with Crippen molar-refractivity contribution in [2.24, 2.45) is 0 Å². The Hall–Kier alpha value is -6.86. The van der Waals surface area contributed by atoms with Crippen molar-refractivity contribution in [3.05, 3.63) is 119 Å². The molecular weight excluding hydrogens is 769 g/mol. The standard InChI is InChI=1S/C38H30N4O12S2/c1-19-11-23(35(45)39-27-7-3-21-17-33(55(49,50)51)31(43)15-25(21)13-27)5-9-29(19)41-37(47)38(48)42-30-10-6-24(12-20(30)2)36(46)40-28-8-4-22-18-34(56(52,53)54)32(44)16-26(22)14-28/h3-18,43-44H,1-2H3,(H,39,45)(H,40,46)(H,41,47)(H,42,48)(H,49,50,51)(H,52,53,54). The Balaban J connectivity index is 1.06. The van der Waals surface area contributed by atoms with Gasteiger partial charge in [0.2, 0.25) is 0 Å². The molecule has 286 valence electrons. The summed E-state index contributed by atoms with van der Waals surface area (Å²) in [5.74, 6) is -4.38. The van der Waals surface area contributed by atoms with Gasteiger partial charge in [0.05, 0.1) is 0 Å². The van der Waals surface area contributed by atoms with Gasteiger partial charge >= 0.3 is 11.8 Å². The van der Waals surface area contributed by atoms with Crippen LogP contribution in [0.5, 0.6) is 11.5 Å². The van der Waals surface area contributed by atoms with Crippen LogP contribution in [-0.4, -0.2) is 59.8 Å². The zero-order valence-electron chi connectivity index (χ0n) is 29.1. The number of amides is 4. The predicted molar refractivity (Wildman–Crippen MR) is 206 cm³/mol. The first-order valence-corrected chi connectivity index (χ1v) is 19.1. The number of rotatable bonds is 8. The van der Waals surface area contributed by atoms with E-state index in [4.69, 9.17) is 0 Å².